The number of rotatable bonds is 1. The number of nitrogens with one attached hydrogen (secondary N) is 1. The van der Waals surface area contributed by atoms with Crippen LogP contribution in [0.25, 0.3) is 0 Å². The molecule has 1 aliphatic heterocycles. The summed E-state index contributed by atoms with van der Waals surface area (Å²) in [6.07, 6.45) is -0.466. The highest BCUT2D eigenvalue weighted by Gasteiger charge is 2.39. The molecule has 0 radical (unpaired) electrons. The molecule has 0 unspecified atom stereocenters. The molecule has 1 fully saturated rings. The molecule has 3 nitrogen and oxygen atoms in total. The van der Waals surface area contributed by atoms with Crippen LogP contribution >= 0.6 is 47.2 Å². The number of cyclic esters (lactones) is 1. The average Bonchev–Trinajstić information content (AvgIpc) is 2.27. The number of hydrogen-bond acceptors (Lipinski definition) is 2. The van der Waals surface area contributed by atoms with Crippen molar-refractivity contribution in [2.45, 2.75) is 19.9 Å². The minimum Gasteiger partial charge on any atom is -0.449 e. The van der Waals surface area contributed by atoms with Crippen LogP contribution in [0.3, 0.4) is 0 Å². The summed E-state index contributed by atoms with van der Waals surface area (Å²) in [4.78, 5) is 11.4. The summed E-state index contributed by atoms with van der Waals surface area (Å²) in [5.41, 5.74) is 0.404. The lowest BCUT2D eigenvalue weighted by molar-refractivity contribution is 0.0388. The summed E-state index contributed by atoms with van der Waals surface area (Å²) in [7, 11) is 0. The standard InChI is InChI=1S/C12H12Cl3NO2.ClH/c1-12(2)5-18-11(17)16-10(12)7-3-6(13)4-8(14)9(7)15;/h3-4,10H,5H2,1-2H3,(H,16,17);1H/t10-;/m1./s1. The maximum Gasteiger partial charge on any atom is 0.407 e. The number of amides is 1. The van der Waals surface area contributed by atoms with E-state index in [0.717, 1.165) is 0 Å². The predicted molar refractivity (Wildman–Crippen MR) is 79.7 cm³/mol. The van der Waals surface area contributed by atoms with Gasteiger partial charge in [0.05, 0.1) is 16.1 Å². The Morgan fingerprint density at radius 1 is 1.32 bits per heavy atom. The Bertz CT molecular complexity index is 505. The van der Waals surface area contributed by atoms with Gasteiger partial charge in [-0.05, 0) is 17.7 Å². The normalized spacial score (nSPS) is 21.1. The number of halogens is 4. The van der Waals surface area contributed by atoms with Gasteiger partial charge in [-0.3, -0.25) is 0 Å². The molecular formula is C12H13Cl4NO2. The minimum atomic E-state index is -0.466. The zero-order valence-electron chi connectivity index (χ0n) is 10.3. The summed E-state index contributed by atoms with van der Waals surface area (Å²) in [6, 6.07) is 3.00. The number of carbonyl (C=O) groups is 1. The van der Waals surface area contributed by atoms with Gasteiger partial charge in [-0.15, -0.1) is 12.4 Å². The topological polar surface area (TPSA) is 38.3 Å². The van der Waals surface area contributed by atoms with Crippen molar-refractivity contribution < 1.29 is 9.53 Å². The van der Waals surface area contributed by atoms with Gasteiger partial charge in [-0.2, -0.15) is 0 Å². The zero-order chi connectivity index (χ0) is 13.5. The van der Waals surface area contributed by atoms with Crippen molar-refractivity contribution in [3.63, 3.8) is 0 Å². The van der Waals surface area contributed by atoms with Gasteiger partial charge >= 0.3 is 6.09 Å². The molecule has 1 aliphatic rings. The Hall–Kier alpha value is -0.350. The van der Waals surface area contributed by atoms with Gasteiger partial charge in [-0.1, -0.05) is 48.7 Å². The third-order valence-corrected chi connectivity index (χ3v) is 3.99. The molecule has 1 aromatic carbocycles. The highest BCUT2D eigenvalue weighted by Crippen LogP contribution is 2.42. The molecule has 1 aromatic rings. The Kier molecular flexibility index (Phi) is 5.24. The second kappa shape index (κ2) is 5.96. The van der Waals surface area contributed by atoms with Gasteiger partial charge in [0.2, 0.25) is 0 Å². The molecule has 19 heavy (non-hydrogen) atoms. The molecule has 1 heterocycles. The van der Waals surface area contributed by atoms with E-state index in [0.29, 0.717) is 27.2 Å². The number of ether oxygens (including phenoxy) is 1. The molecule has 0 saturated carbocycles. The lowest BCUT2D eigenvalue weighted by atomic mass is 9.80. The second-order valence-electron chi connectivity index (χ2n) is 4.93. The number of carbonyl (C=O) groups excluding carboxylic acids is 1. The van der Waals surface area contributed by atoms with E-state index >= 15 is 0 Å². The maximum atomic E-state index is 11.4. The van der Waals surface area contributed by atoms with E-state index in [9.17, 15) is 4.79 Å². The largest absolute Gasteiger partial charge is 0.449 e. The van der Waals surface area contributed by atoms with Gasteiger partial charge in [0.1, 0.15) is 6.61 Å². The monoisotopic (exact) mass is 343 g/mol. The van der Waals surface area contributed by atoms with Crippen molar-refractivity contribution in [2.24, 2.45) is 5.41 Å². The van der Waals surface area contributed by atoms with Crippen LogP contribution < -0.4 is 5.32 Å². The van der Waals surface area contributed by atoms with Gasteiger partial charge in [0.15, 0.2) is 0 Å². The summed E-state index contributed by atoms with van der Waals surface area (Å²) in [5, 5.41) is 4.01. The van der Waals surface area contributed by atoms with Crippen molar-refractivity contribution in [3.8, 4) is 0 Å². The van der Waals surface area contributed by atoms with Crippen LogP contribution in [0.1, 0.15) is 25.5 Å². The van der Waals surface area contributed by atoms with Crippen LogP contribution in [0.2, 0.25) is 15.1 Å². The summed E-state index contributed by atoms with van der Waals surface area (Å²) in [5.74, 6) is 0. The predicted octanol–water partition coefficient (Wildman–Crippen LogP) is 4.88. The molecular weight excluding hydrogens is 332 g/mol. The first kappa shape index (κ1) is 16.7. The zero-order valence-corrected chi connectivity index (χ0v) is 13.4. The Labute approximate surface area is 133 Å². The minimum absolute atomic E-state index is 0. The maximum absolute atomic E-state index is 11.4. The first-order valence-corrected chi connectivity index (χ1v) is 6.52. The first-order chi connectivity index (χ1) is 8.31. The molecule has 1 saturated heterocycles. The highest BCUT2D eigenvalue weighted by atomic mass is 35.5. The molecule has 1 atom stereocenters. The van der Waals surface area contributed by atoms with Crippen LogP contribution in [-0.4, -0.2) is 12.7 Å². The van der Waals surface area contributed by atoms with Crippen LogP contribution in [0.4, 0.5) is 4.79 Å². The fourth-order valence-electron chi connectivity index (χ4n) is 1.97. The molecule has 1 amide bonds. The van der Waals surface area contributed by atoms with Gasteiger partial charge < -0.3 is 10.1 Å². The van der Waals surface area contributed by atoms with E-state index in [1.807, 2.05) is 13.8 Å². The molecule has 106 valence electrons. The molecule has 7 heteroatoms. The van der Waals surface area contributed by atoms with Crippen LogP contribution in [0.15, 0.2) is 12.1 Å². The van der Waals surface area contributed by atoms with Gasteiger partial charge in [0, 0.05) is 10.4 Å². The number of benzene rings is 1. The Balaban J connectivity index is 0.00000180. The summed E-state index contributed by atoms with van der Waals surface area (Å²) < 4.78 is 4.99. The molecule has 0 aliphatic carbocycles. The molecule has 1 N–H and O–H groups in total. The average molecular weight is 345 g/mol. The van der Waals surface area contributed by atoms with Crippen LogP contribution in [0.5, 0.6) is 0 Å². The first-order valence-electron chi connectivity index (χ1n) is 5.39. The highest BCUT2D eigenvalue weighted by molar-refractivity contribution is 6.43. The lowest BCUT2D eigenvalue weighted by Crippen LogP contribution is -2.47. The van der Waals surface area contributed by atoms with Crippen molar-refractivity contribution >= 4 is 53.3 Å². The lowest BCUT2D eigenvalue weighted by Gasteiger charge is -2.39. The molecule has 0 spiro atoms. The molecule has 0 aromatic heterocycles. The van der Waals surface area contributed by atoms with Crippen molar-refractivity contribution in [1.82, 2.24) is 5.32 Å². The van der Waals surface area contributed by atoms with E-state index in [4.69, 9.17) is 39.5 Å². The molecule has 2 rings (SSSR count). The van der Waals surface area contributed by atoms with E-state index in [-0.39, 0.29) is 23.9 Å². The van der Waals surface area contributed by atoms with E-state index in [1.165, 1.54) is 0 Å². The quantitative estimate of drug-likeness (QED) is 0.737. The Morgan fingerprint density at radius 3 is 2.58 bits per heavy atom. The third kappa shape index (κ3) is 3.40. The van der Waals surface area contributed by atoms with E-state index in [1.54, 1.807) is 12.1 Å². The van der Waals surface area contributed by atoms with Crippen molar-refractivity contribution in [3.05, 3.63) is 32.8 Å². The fourth-order valence-corrected chi connectivity index (χ4v) is 2.70. The fraction of sp³-hybridized carbons (Fsp3) is 0.417. The third-order valence-electron chi connectivity index (χ3n) is 2.95. The smallest absolute Gasteiger partial charge is 0.407 e. The van der Waals surface area contributed by atoms with Crippen molar-refractivity contribution in [2.75, 3.05) is 6.61 Å². The van der Waals surface area contributed by atoms with Crippen LogP contribution in [-0.2, 0) is 4.74 Å². The van der Waals surface area contributed by atoms with Gasteiger partial charge in [-0.25, -0.2) is 4.79 Å². The molecule has 0 bridgehead atoms. The van der Waals surface area contributed by atoms with Crippen LogP contribution in [0, 0.1) is 5.41 Å². The summed E-state index contributed by atoms with van der Waals surface area (Å²) >= 11 is 18.2. The SMILES string of the molecule is CC1(C)COC(=O)N[C@@H]1c1cc(Cl)cc(Cl)c1Cl.Cl. The second-order valence-corrected chi connectivity index (χ2v) is 6.15. The number of hydrogen-bond donors (Lipinski definition) is 1. The van der Waals surface area contributed by atoms with Gasteiger partial charge in [0.25, 0.3) is 0 Å². The Morgan fingerprint density at radius 2 is 1.95 bits per heavy atom. The number of alkyl carbamates (subject to hydrolysis) is 1. The van der Waals surface area contributed by atoms with Crippen molar-refractivity contribution in [1.29, 1.82) is 0 Å². The van der Waals surface area contributed by atoms with E-state index in [2.05, 4.69) is 5.32 Å². The summed E-state index contributed by atoms with van der Waals surface area (Å²) in [6.45, 7) is 4.26. The van der Waals surface area contributed by atoms with E-state index < -0.39 is 6.09 Å².